The number of nitrogens with zero attached hydrogens (tertiary/aromatic N) is 2. The Kier molecular flexibility index (Phi) is 9.52. The molecule has 166 valence electrons. The summed E-state index contributed by atoms with van der Waals surface area (Å²) in [5.41, 5.74) is 2.33. The van der Waals surface area contributed by atoms with E-state index in [9.17, 15) is 4.79 Å². The Bertz CT molecular complexity index is 951. The molecule has 0 radical (unpaired) electrons. The van der Waals surface area contributed by atoms with Gasteiger partial charge < -0.3 is 14.5 Å². The molecule has 2 aromatic carbocycles. The number of hydrogen-bond acceptors (Lipinski definition) is 6. The minimum absolute atomic E-state index is 0. The average Bonchev–Trinajstić information content (AvgIpc) is 3.19. The molecule has 0 aliphatic carbocycles. The zero-order valence-electron chi connectivity index (χ0n) is 17.3. The largest absolute Gasteiger partial charge is 0.461 e. The first-order chi connectivity index (χ1) is 14.3. The molecule has 8 heteroatoms. The molecule has 1 aliphatic heterocycles. The van der Waals surface area contributed by atoms with Crippen molar-refractivity contribution in [3.63, 3.8) is 0 Å². The van der Waals surface area contributed by atoms with Crippen molar-refractivity contribution in [3.8, 4) is 11.5 Å². The summed E-state index contributed by atoms with van der Waals surface area (Å²) in [5, 5.41) is 3.46. The van der Waals surface area contributed by atoms with Gasteiger partial charge in [0, 0.05) is 31.2 Å². The van der Waals surface area contributed by atoms with Crippen LogP contribution in [-0.4, -0.2) is 42.1 Å². The highest BCUT2D eigenvalue weighted by molar-refractivity contribution is 5.89. The predicted molar refractivity (Wildman–Crippen MR) is 125 cm³/mol. The number of esters is 1. The molecule has 6 nitrogen and oxygen atoms in total. The van der Waals surface area contributed by atoms with Gasteiger partial charge in [-0.3, -0.25) is 4.90 Å². The van der Waals surface area contributed by atoms with Crippen LogP contribution in [0.4, 0.5) is 0 Å². The van der Waals surface area contributed by atoms with Gasteiger partial charge in [0.15, 0.2) is 11.5 Å². The minimum Gasteiger partial charge on any atom is -0.461 e. The molecule has 1 atom stereocenters. The van der Waals surface area contributed by atoms with Crippen molar-refractivity contribution in [3.05, 3.63) is 77.7 Å². The number of piperazine rings is 1. The standard InChI is InChI=1S/C23H25N3O3.2ClH/c1-2-28-23(27)21-20(29-22(25-21)18-11-7-4-8-12-18)16-26-14-13-24-15-19(26)17-9-5-3-6-10-17;;/h3-12,19,24H,2,13-16H2,1H3;2*1H. The van der Waals surface area contributed by atoms with Crippen LogP contribution in [0, 0.1) is 0 Å². The fourth-order valence-electron chi connectivity index (χ4n) is 3.65. The molecule has 0 bridgehead atoms. The SMILES string of the molecule is CCOC(=O)c1nc(-c2ccccc2)oc1CN1CCNCC1c1ccccc1.Cl.Cl. The molecule has 4 rings (SSSR count). The Morgan fingerprint density at radius 2 is 1.81 bits per heavy atom. The lowest BCUT2D eigenvalue weighted by atomic mass is 10.0. The lowest BCUT2D eigenvalue weighted by Crippen LogP contribution is -2.45. The molecule has 2 heterocycles. The lowest BCUT2D eigenvalue weighted by Gasteiger charge is -2.36. The smallest absolute Gasteiger partial charge is 0.360 e. The molecule has 1 saturated heterocycles. The summed E-state index contributed by atoms with van der Waals surface area (Å²) < 4.78 is 11.3. The first kappa shape index (κ1) is 24.9. The molecule has 1 aliphatic rings. The second-order valence-electron chi connectivity index (χ2n) is 6.98. The fraction of sp³-hybridized carbons (Fsp3) is 0.304. The second-order valence-corrected chi connectivity index (χ2v) is 6.98. The third-order valence-corrected chi connectivity index (χ3v) is 5.07. The van der Waals surface area contributed by atoms with E-state index in [1.165, 1.54) is 5.56 Å². The summed E-state index contributed by atoms with van der Waals surface area (Å²) >= 11 is 0. The molecular formula is C23H27Cl2N3O3. The Morgan fingerprint density at radius 1 is 1.13 bits per heavy atom. The zero-order chi connectivity index (χ0) is 20.1. The van der Waals surface area contributed by atoms with Gasteiger partial charge in [0.2, 0.25) is 5.89 Å². The van der Waals surface area contributed by atoms with Crippen molar-refractivity contribution in [2.45, 2.75) is 19.5 Å². The maximum Gasteiger partial charge on any atom is 0.360 e. The van der Waals surface area contributed by atoms with Gasteiger partial charge >= 0.3 is 5.97 Å². The summed E-state index contributed by atoms with van der Waals surface area (Å²) in [6.45, 7) is 5.16. The van der Waals surface area contributed by atoms with Crippen molar-refractivity contribution in [2.24, 2.45) is 0 Å². The Balaban J connectivity index is 0.00000171. The molecule has 1 unspecified atom stereocenters. The van der Waals surface area contributed by atoms with E-state index in [1.54, 1.807) is 6.92 Å². The summed E-state index contributed by atoms with van der Waals surface area (Å²) in [6.07, 6.45) is 0. The van der Waals surface area contributed by atoms with Gasteiger partial charge in [-0.05, 0) is 24.6 Å². The molecule has 1 fully saturated rings. The van der Waals surface area contributed by atoms with Gasteiger partial charge in [-0.1, -0.05) is 48.5 Å². The van der Waals surface area contributed by atoms with E-state index in [0.717, 1.165) is 25.2 Å². The van der Waals surface area contributed by atoms with Gasteiger partial charge in [0.25, 0.3) is 0 Å². The quantitative estimate of drug-likeness (QED) is 0.542. The predicted octanol–water partition coefficient (Wildman–Crippen LogP) is 4.51. The number of carbonyl (C=O) groups excluding carboxylic acids is 1. The van der Waals surface area contributed by atoms with Crippen LogP contribution in [-0.2, 0) is 11.3 Å². The first-order valence-electron chi connectivity index (χ1n) is 9.98. The number of ether oxygens (including phenoxy) is 1. The van der Waals surface area contributed by atoms with Gasteiger partial charge in [-0.15, -0.1) is 24.8 Å². The highest BCUT2D eigenvalue weighted by Gasteiger charge is 2.29. The molecule has 0 spiro atoms. The highest BCUT2D eigenvalue weighted by atomic mass is 35.5. The van der Waals surface area contributed by atoms with Crippen LogP contribution < -0.4 is 5.32 Å². The average molecular weight is 464 g/mol. The number of rotatable bonds is 6. The third-order valence-electron chi connectivity index (χ3n) is 5.07. The minimum atomic E-state index is -0.445. The van der Waals surface area contributed by atoms with E-state index in [4.69, 9.17) is 9.15 Å². The topological polar surface area (TPSA) is 67.6 Å². The van der Waals surface area contributed by atoms with E-state index in [-0.39, 0.29) is 36.5 Å². The third kappa shape index (κ3) is 5.86. The van der Waals surface area contributed by atoms with E-state index in [1.807, 2.05) is 48.5 Å². The van der Waals surface area contributed by atoms with Crippen LogP contribution >= 0.6 is 24.8 Å². The molecular weight excluding hydrogens is 437 g/mol. The van der Waals surface area contributed by atoms with E-state index in [2.05, 4.69) is 27.3 Å². The zero-order valence-corrected chi connectivity index (χ0v) is 19.0. The molecule has 1 N–H and O–H groups in total. The highest BCUT2D eigenvalue weighted by Crippen LogP contribution is 2.28. The van der Waals surface area contributed by atoms with Crippen LogP contribution in [0.3, 0.4) is 0 Å². The van der Waals surface area contributed by atoms with Gasteiger partial charge in [0.1, 0.15) is 0 Å². The van der Waals surface area contributed by atoms with Crippen molar-refractivity contribution < 1.29 is 13.9 Å². The second kappa shape index (κ2) is 11.9. The lowest BCUT2D eigenvalue weighted by molar-refractivity contribution is 0.0514. The number of aromatic nitrogens is 1. The summed E-state index contributed by atoms with van der Waals surface area (Å²) in [6, 6.07) is 20.2. The summed E-state index contributed by atoms with van der Waals surface area (Å²) in [7, 11) is 0. The van der Waals surface area contributed by atoms with E-state index >= 15 is 0 Å². The first-order valence-corrected chi connectivity index (χ1v) is 9.98. The van der Waals surface area contributed by atoms with Crippen molar-refractivity contribution in [2.75, 3.05) is 26.2 Å². The van der Waals surface area contributed by atoms with Gasteiger partial charge in [-0.25, -0.2) is 9.78 Å². The van der Waals surface area contributed by atoms with Gasteiger partial charge in [-0.2, -0.15) is 0 Å². The maximum atomic E-state index is 12.5. The number of halogens is 2. The van der Waals surface area contributed by atoms with Crippen LogP contribution in [0.5, 0.6) is 0 Å². The number of nitrogens with one attached hydrogen (secondary N) is 1. The summed E-state index contributed by atoms with van der Waals surface area (Å²) in [4.78, 5) is 19.3. The number of oxazole rings is 1. The van der Waals surface area contributed by atoms with Crippen molar-refractivity contribution in [1.29, 1.82) is 0 Å². The number of hydrogen-bond donors (Lipinski definition) is 1. The Hall–Kier alpha value is -2.38. The van der Waals surface area contributed by atoms with E-state index < -0.39 is 5.97 Å². The summed E-state index contributed by atoms with van der Waals surface area (Å²) in [5.74, 6) is 0.542. The maximum absolute atomic E-state index is 12.5. The Labute approximate surface area is 194 Å². The fourth-order valence-corrected chi connectivity index (χ4v) is 3.65. The molecule has 0 amide bonds. The van der Waals surface area contributed by atoms with Crippen LogP contribution in [0.15, 0.2) is 65.1 Å². The van der Waals surface area contributed by atoms with Gasteiger partial charge in [0.05, 0.1) is 13.2 Å². The van der Waals surface area contributed by atoms with Crippen LogP contribution in [0.1, 0.15) is 34.8 Å². The number of benzene rings is 2. The molecule has 0 saturated carbocycles. The van der Waals surface area contributed by atoms with Crippen LogP contribution in [0.2, 0.25) is 0 Å². The van der Waals surface area contributed by atoms with E-state index in [0.29, 0.717) is 24.8 Å². The molecule has 1 aromatic heterocycles. The molecule has 31 heavy (non-hydrogen) atoms. The van der Waals surface area contributed by atoms with Crippen molar-refractivity contribution in [1.82, 2.24) is 15.2 Å². The number of carbonyl (C=O) groups is 1. The Morgan fingerprint density at radius 3 is 2.48 bits per heavy atom. The monoisotopic (exact) mass is 463 g/mol. The van der Waals surface area contributed by atoms with Crippen molar-refractivity contribution >= 4 is 30.8 Å². The normalized spacial score (nSPS) is 16.1. The van der Waals surface area contributed by atoms with Crippen LogP contribution in [0.25, 0.3) is 11.5 Å². The molecule has 3 aromatic rings.